The molecule has 1 aliphatic heterocycles. The first-order valence-electron chi connectivity index (χ1n) is 7.66. The highest BCUT2D eigenvalue weighted by Crippen LogP contribution is 2.31. The summed E-state index contributed by atoms with van der Waals surface area (Å²) in [6.45, 7) is 1.50. The molecule has 1 saturated heterocycles. The van der Waals surface area contributed by atoms with Crippen LogP contribution in [-0.2, 0) is 0 Å². The van der Waals surface area contributed by atoms with Gasteiger partial charge in [-0.1, -0.05) is 60.7 Å². The number of thiocarbonyl (C=S) groups is 1. The lowest BCUT2D eigenvalue weighted by Gasteiger charge is -2.31. The predicted molar refractivity (Wildman–Crippen MR) is 97.5 cm³/mol. The molecule has 1 heterocycles. The monoisotopic (exact) mass is 324 g/mol. The largest absolute Gasteiger partial charge is 0.365 e. The highest BCUT2D eigenvalue weighted by Gasteiger charge is 2.34. The third-order valence-corrected chi connectivity index (χ3v) is 4.52. The molecule has 0 bridgehead atoms. The molecule has 4 nitrogen and oxygen atoms in total. The first-order chi connectivity index (χ1) is 11.2. The zero-order chi connectivity index (χ0) is 16.2. The van der Waals surface area contributed by atoms with Gasteiger partial charge in [-0.3, -0.25) is 10.3 Å². The summed E-state index contributed by atoms with van der Waals surface area (Å²) >= 11 is 5.31. The van der Waals surface area contributed by atoms with Gasteiger partial charge in [-0.15, -0.1) is 0 Å². The molecule has 1 aliphatic rings. The number of benzene rings is 2. The van der Waals surface area contributed by atoms with E-state index in [1.165, 1.54) is 11.1 Å². The van der Waals surface area contributed by atoms with Gasteiger partial charge in [-0.05, 0) is 23.3 Å². The number of hydrogen-bond donors (Lipinski definition) is 2. The number of rotatable bonds is 3. The summed E-state index contributed by atoms with van der Waals surface area (Å²) in [6.07, 6.45) is 0. The van der Waals surface area contributed by atoms with Crippen LogP contribution in [0, 0.1) is 5.41 Å². The first kappa shape index (κ1) is 15.5. The van der Waals surface area contributed by atoms with E-state index in [1.807, 2.05) is 41.3 Å². The maximum absolute atomic E-state index is 8.55. The molecule has 0 spiro atoms. The fourth-order valence-corrected chi connectivity index (χ4v) is 3.16. The van der Waals surface area contributed by atoms with E-state index in [4.69, 9.17) is 17.6 Å². The second-order valence-corrected chi connectivity index (χ2v) is 5.83. The highest BCUT2D eigenvalue weighted by atomic mass is 32.1. The number of guanidine groups is 1. The quantitative estimate of drug-likeness (QED) is 0.852. The van der Waals surface area contributed by atoms with Crippen LogP contribution in [0.3, 0.4) is 0 Å². The van der Waals surface area contributed by atoms with Gasteiger partial charge < -0.3 is 10.2 Å². The lowest BCUT2D eigenvalue weighted by Crippen LogP contribution is -2.42. The molecule has 1 fully saturated rings. The van der Waals surface area contributed by atoms with Crippen LogP contribution in [0.4, 0.5) is 0 Å². The molecule has 0 aromatic heterocycles. The molecule has 0 unspecified atom stereocenters. The Bertz CT molecular complexity index is 647. The van der Waals surface area contributed by atoms with Gasteiger partial charge in [0.1, 0.15) is 0 Å². The molecule has 2 N–H and O–H groups in total. The van der Waals surface area contributed by atoms with Crippen molar-refractivity contribution in [1.29, 1.82) is 5.41 Å². The summed E-state index contributed by atoms with van der Waals surface area (Å²) in [6, 6.07) is 20.7. The van der Waals surface area contributed by atoms with Crippen LogP contribution in [-0.4, -0.2) is 41.0 Å². The SMILES string of the molecule is CNC(=S)N1CCN(C(c2ccccc2)c2ccccc2)C1=N. The van der Waals surface area contributed by atoms with Crippen molar-refractivity contribution >= 4 is 23.3 Å². The van der Waals surface area contributed by atoms with Gasteiger partial charge in [0, 0.05) is 20.1 Å². The molecule has 0 amide bonds. The van der Waals surface area contributed by atoms with Gasteiger partial charge in [-0.2, -0.15) is 0 Å². The summed E-state index contributed by atoms with van der Waals surface area (Å²) < 4.78 is 0. The normalized spacial score (nSPS) is 14.4. The van der Waals surface area contributed by atoms with Gasteiger partial charge in [0.15, 0.2) is 5.11 Å². The van der Waals surface area contributed by atoms with E-state index in [9.17, 15) is 0 Å². The standard InChI is InChI=1S/C18H20N4S/c1-20-18(23)22-13-12-21(17(22)19)16(14-8-4-2-5-9-14)15-10-6-3-7-11-15/h2-11,16,19H,12-13H2,1H3,(H,20,23). The van der Waals surface area contributed by atoms with Gasteiger partial charge >= 0.3 is 0 Å². The van der Waals surface area contributed by atoms with Crippen molar-refractivity contribution in [2.75, 3.05) is 20.1 Å². The number of nitrogens with zero attached hydrogens (tertiary/aromatic N) is 2. The summed E-state index contributed by atoms with van der Waals surface area (Å²) in [4.78, 5) is 3.95. The van der Waals surface area contributed by atoms with Crippen molar-refractivity contribution < 1.29 is 0 Å². The van der Waals surface area contributed by atoms with Crippen LogP contribution in [0.2, 0.25) is 0 Å². The van der Waals surface area contributed by atoms with Crippen LogP contribution >= 0.6 is 12.2 Å². The predicted octanol–water partition coefficient (Wildman–Crippen LogP) is 2.83. The Hall–Kier alpha value is -2.40. The van der Waals surface area contributed by atoms with Crippen LogP contribution in [0.5, 0.6) is 0 Å². The Morgan fingerprint density at radius 1 is 1.00 bits per heavy atom. The highest BCUT2D eigenvalue weighted by molar-refractivity contribution is 7.80. The van der Waals surface area contributed by atoms with Crippen molar-refractivity contribution in [2.24, 2.45) is 0 Å². The minimum atomic E-state index is 0.0227. The summed E-state index contributed by atoms with van der Waals surface area (Å²) in [5, 5.41) is 12.1. The Morgan fingerprint density at radius 3 is 2.00 bits per heavy atom. The van der Waals surface area contributed by atoms with Crippen molar-refractivity contribution in [2.45, 2.75) is 6.04 Å². The van der Waals surface area contributed by atoms with Crippen LogP contribution in [0.1, 0.15) is 17.2 Å². The molecule has 3 rings (SSSR count). The minimum Gasteiger partial charge on any atom is -0.365 e. The summed E-state index contributed by atoms with van der Waals surface area (Å²) in [5.41, 5.74) is 2.36. The van der Waals surface area contributed by atoms with Crippen LogP contribution in [0.15, 0.2) is 60.7 Å². The molecule has 23 heavy (non-hydrogen) atoms. The molecule has 0 atom stereocenters. The molecule has 118 valence electrons. The topological polar surface area (TPSA) is 42.4 Å². The first-order valence-corrected chi connectivity index (χ1v) is 8.07. The Balaban J connectivity index is 1.97. The van der Waals surface area contributed by atoms with Gasteiger partial charge in [0.25, 0.3) is 0 Å². The zero-order valence-corrected chi connectivity index (χ0v) is 13.9. The molecule has 0 aliphatic carbocycles. The smallest absolute Gasteiger partial charge is 0.200 e. The maximum atomic E-state index is 8.55. The third-order valence-electron chi connectivity index (χ3n) is 4.09. The zero-order valence-electron chi connectivity index (χ0n) is 13.1. The Kier molecular flexibility index (Phi) is 4.57. The van der Waals surface area contributed by atoms with E-state index in [1.54, 1.807) is 7.05 Å². The van der Waals surface area contributed by atoms with Gasteiger partial charge in [0.2, 0.25) is 5.96 Å². The maximum Gasteiger partial charge on any atom is 0.200 e. The van der Waals surface area contributed by atoms with Crippen molar-refractivity contribution in [1.82, 2.24) is 15.1 Å². The Morgan fingerprint density at radius 2 is 1.52 bits per heavy atom. The molecule has 2 aromatic rings. The number of hydrogen-bond acceptors (Lipinski definition) is 2. The van der Waals surface area contributed by atoms with Crippen LogP contribution in [0.25, 0.3) is 0 Å². The second-order valence-electron chi connectivity index (χ2n) is 5.45. The average Bonchev–Trinajstić information content (AvgIpc) is 2.98. The van der Waals surface area contributed by atoms with Gasteiger partial charge in [0.05, 0.1) is 6.04 Å². The van der Waals surface area contributed by atoms with Crippen LogP contribution < -0.4 is 5.32 Å². The fourth-order valence-electron chi connectivity index (χ4n) is 2.98. The van der Waals surface area contributed by atoms with E-state index < -0.39 is 0 Å². The van der Waals surface area contributed by atoms with E-state index in [0.29, 0.717) is 11.1 Å². The lowest BCUT2D eigenvalue weighted by molar-refractivity contribution is 0.390. The number of nitrogens with one attached hydrogen (secondary N) is 2. The van der Waals surface area contributed by atoms with E-state index >= 15 is 0 Å². The van der Waals surface area contributed by atoms with Crippen molar-refractivity contribution in [3.8, 4) is 0 Å². The van der Waals surface area contributed by atoms with Crippen molar-refractivity contribution in [3.63, 3.8) is 0 Å². The minimum absolute atomic E-state index is 0.0227. The van der Waals surface area contributed by atoms with Crippen molar-refractivity contribution in [3.05, 3.63) is 71.8 Å². The lowest BCUT2D eigenvalue weighted by atomic mass is 9.97. The van der Waals surface area contributed by atoms with E-state index in [0.717, 1.165) is 13.1 Å². The molecule has 2 aromatic carbocycles. The fraction of sp³-hybridized carbons (Fsp3) is 0.222. The third kappa shape index (κ3) is 3.05. The molecule has 0 saturated carbocycles. The molecular formula is C18H20N4S. The summed E-state index contributed by atoms with van der Waals surface area (Å²) in [5.74, 6) is 0.446. The van der Waals surface area contributed by atoms with E-state index in [-0.39, 0.29) is 6.04 Å². The van der Waals surface area contributed by atoms with E-state index in [2.05, 4.69) is 34.5 Å². The average molecular weight is 324 g/mol. The molecule has 5 heteroatoms. The molecular weight excluding hydrogens is 304 g/mol. The molecule has 0 radical (unpaired) electrons. The van der Waals surface area contributed by atoms with Gasteiger partial charge in [-0.25, -0.2) is 0 Å². The second kappa shape index (κ2) is 6.79. The summed E-state index contributed by atoms with van der Waals surface area (Å²) in [7, 11) is 1.80. The Labute approximate surface area is 142 Å².